The Hall–Kier alpha value is -2.97. The average Bonchev–Trinajstić information content (AvgIpc) is 3.11. The summed E-state index contributed by atoms with van der Waals surface area (Å²) in [6.45, 7) is 4.47. The van der Waals surface area contributed by atoms with Crippen molar-refractivity contribution >= 4 is 17.9 Å². The van der Waals surface area contributed by atoms with Gasteiger partial charge in [0.1, 0.15) is 6.61 Å². The Balaban J connectivity index is 4.20. The Bertz CT molecular complexity index is 1050. The third-order valence-corrected chi connectivity index (χ3v) is 8.91. The molecule has 0 heterocycles. The Labute approximate surface area is 324 Å². The van der Waals surface area contributed by atoms with Crippen LogP contribution in [-0.2, 0) is 28.6 Å². The third kappa shape index (κ3) is 34.5. The summed E-state index contributed by atoms with van der Waals surface area (Å²) in [7, 11) is 5.49. The molecule has 0 aromatic heterocycles. The predicted octanol–water partition coefficient (Wildman–Crippen LogP) is 11.0. The molecule has 2 atom stereocenters. The lowest BCUT2D eigenvalue weighted by Crippen LogP contribution is -2.50. The summed E-state index contributed by atoms with van der Waals surface area (Å²) < 4.78 is 17.1. The number of carboxylic acid groups (broad SMARTS) is 1. The number of carboxylic acids is 1. The molecule has 0 spiro atoms. The lowest BCUT2D eigenvalue weighted by molar-refractivity contribution is -0.887. The normalized spacial score (nSPS) is 13.6. The highest BCUT2D eigenvalue weighted by Crippen LogP contribution is 2.13. The zero-order valence-corrected chi connectivity index (χ0v) is 34.4. The van der Waals surface area contributed by atoms with E-state index >= 15 is 0 Å². The van der Waals surface area contributed by atoms with Crippen molar-refractivity contribution in [1.82, 2.24) is 0 Å². The summed E-state index contributed by atoms with van der Waals surface area (Å²) >= 11 is 0. The number of carbonyl (C=O) groups excluding carboxylic acids is 2. The van der Waals surface area contributed by atoms with Crippen LogP contribution < -0.4 is 0 Å². The average molecular weight is 745 g/mol. The van der Waals surface area contributed by atoms with Crippen molar-refractivity contribution in [2.75, 3.05) is 41.0 Å². The van der Waals surface area contributed by atoms with Crippen molar-refractivity contribution in [1.29, 1.82) is 0 Å². The fraction of sp³-hybridized carbons (Fsp3) is 0.711. The van der Waals surface area contributed by atoms with E-state index < -0.39 is 18.1 Å². The molecule has 0 amide bonds. The van der Waals surface area contributed by atoms with Crippen LogP contribution in [0.4, 0.5) is 0 Å². The van der Waals surface area contributed by atoms with Gasteiger partial charge in [-0.2, -0.15) is 0 Å². The lowest BCUT2D eigenvalue weighted by Gasteiger charge is -2.31. The Kier molecular flexibility index (Phi) is 34.0. The van der Waals surface area contributed by atoms with Crippen LogP contribution in [0, 0.1) is 0 Å². The zero-order chi connectivity index (χ0) is 39.3. The molecule has 0 rings (SSSR count). The van der Waals surface area contributed by atoms with Crippen LogP contribution in [0.2, 0.25) is 0 Å². The number of unbranched alkanes of at least 4 members (excludes halogenated alkanes) is 12. The second kappa shape index (κ2) is 36.0. The van der Waals surface area contributed by atoms with Crippen LogP contribution in [0.25, 0.3) is 0 Å². The van der Waals surface area contributed by atoms with Gasteiger partial charge >= 0.3 is 17.9 Å². The first-order valence-electron chi connectivity index (χ1n) is 20.8. The van der Waals surface area contributed by atoms with E-state index in [0.717, 1.165) is 51.4 Å². The zero-order valence-electron chi connectivity index (χ0n) is 34.4. The molecule has 0 aliphatic heterocycles. The molecule has 304 valence electrons. The van der Waals surface area contributed by atoms with E-state index in [9.17, 15) is 19.5 Å². The topological polar surface area (TPSA) is 99.1 Å². The molecule has 53 heavy (non-hydrogen) atoms. The first-order chi connectivity index (χ1) is 25.6. The van der Waals surface area contributed by atoms with Gasteiger partial charge in [-0.05, 0) is 64.2 Å². The standard InChI is InChI=1S/C45H77NO7/c1-6-8-10-12-14-15-16-17-18-19-20-21-22-23-24-25-26-27-28-30-31-33-35-43(47)52-40-41(39-51-38-37-42(45(49)50)46(3,4)5)53-44(48)36-34-32-29-13-11-9-7-2/h9,11,14-15,17-18,20-21,29,32,41-42H,6-8,10,12-13,16,19,22-28,30-31,33-40H2,1-5H3/p+1/b11-9+,15-14+,18-17+,21-20+,32-29+. The molecule has 0 aliphatic rings. The van der Waals surface area contributed by atoms with Gasteiger partial charge in [0.25, 0.3) is 0 Å². The minimum Gasteiger partial charge on any atom is -0.477 e. The molecule has 0 saturated heterocycles. The number of likely N-dealkylation sites (N-methyl/N-ethyl adjacent to an activating group) is 1. The molecule has 8 nitrogen and oxygen atoms in total. The van der Waals surface area contributed by atoms with Crippen LogP contribution in [0.15, 0.2) is 60.8 Å². The van der Waals surface area contributed by atoms with Crippen molar-refractivity contribution in [3.63, 3.8) is 0 Å². The van der Waals surface area contributed by atoms with Crippen LogP contribution in [0.3, 0.4) is 0 Å². The smallest absolute Gasteiger partial charge is 0.362 e. The molecule has 0 fully saturated rings. The van der Waals surface area contributed by atoms with Gasteiger partial charge in [-0.3, -0.25) is 9.59 Å². The van der Waals surface area contributed by atoms with E-state index in [0.29, 0.717) is 19.3 Å². The maximum atomic E-state index is 12.5. The number of carbonyl (C=O) groups is 3. The van der Waals surface area contributed by atoms with Gasteiger partial charge in [-0.15, -0.1) is 0 Å². The quantitative estimate of drug-likeness (QED) is 0.0295. The maximum absolute atomic E-state index is 12.5. The maximum Gasteiger partial charge on any atom is 0.362 e. The molecule has 0 radical (unpaired) electrons. The van der Waals surface area contributed by atoms with Gasteiger partial charge in [-0.25, -0.2) is 4.79 Å². The number of ether oxygens (including phenoxy) is 3. The predicted molar refractivity (Wildman–Crippen MR) is 220 cm³/mol. The highest BCUT2D eigenvalue weighted by Gasteiger charge is 2.31. The van der Waals surface area contributed by atoms with Crippen LogP contribution in [0.5, 0.6) is 0 Å². The Morgan fingerprint density at radius 3 is 1.64 bits per heavy atom. The minimum atomic E-state index is -0.887. The lowest BCUT2D eigenvalue weighted by atomic mass is 10.1. The van der Waals surface area contributed by atoms with Crippen molar-refractivity contribution < 1.29 is 38.2 Å². The van der Waals surface area contributed by atoms with Gasteiger partial charge in [0, 0.05) is 19.3 Å². The summed E-state index contributed by atoms with van der Waals surface area (Å²) in [5, 5.41) is 9.57. The first kappa shape index (κ1) is 50.0. The molecule has 0 bridgehead atoms. The molecule has 2 unspecified atom stereocenters. The number of hydrogen-bond donors (Lipinski definition) is 1. The van der Waals surface area contributed by atoms with Crippen LogP contribution >= 0.6 is 0 Å². The van der Waals surface area contributed by atoms with Gasteiger partial charge in [0.05, 0.1) is 34.4 Å². The molecular weight excluding hydrogens is 666 g/mol. The monoisotopic (exact) mass is 745 g/mol. The minimum absolute atomic E-state index is 0.0338. The molecule has 1 N–H and O–H groups in total. The molecule has 0 aromatic carbocycles. The van der Waals surface area contributed by atoms with E-state index in [-0.39, 0.29) is 42.7 Å². The summed E-state index contributed by atoms with van der Waals surface area (Å²) in [4.78, 5) is 36.7. The fourth-order valence-corrected chi connectivity index (χ4v) is 5.69. The van der Waals surface area contributed by atoms with E-state index in [4.69, 9.17) is 14.2 Å². The second-order valence-corrected chi connectivity index (χ2v) is 14.9. The Morgan fingerprint density at radius 2 is 1.09 bits per heavy atom. The second-order valence-electron chi connectivity index (χ2n) is 14.9. The van der Waals surface area contributed by atoms with Crippen molar-refractivity contribution in [2.45, 2.75) is 167 Å². The van der Waals surface area contributed by atoms with Crippen molar-refractivity contribution in [3.05, 3.63) is 60.8 Å². The SMILES string of the molecule is CC/C=C/C/C=C/CCC(=O)OC(COCCC(C(=O)O)[N+](C)(C)C)COC(=O)CCCCCCCCCCC/C=C/C/C=C/C/C=C/CCCCC. The van der Waals surface area contributed by atoms with Crippen LogP contribution in [0.1, 0.15) is 155 Å². The third-order valence-electron chi connectivity index (χ3n) is 8.91. The van der Waals surface area contributed by atoms with Crippen LogP contribution in [-0.4, -0.2) is 80.6 Å². The largest absolute Gasteiger partial charge is 0.477 e. The summed E-state index contributed by atoms with van der Waals surface area (Å²) in [6, 6.07) is -0.624. The number of nitrogens with zero attached hydrogens (tertiary/aromatic N) is 1. The number of allylic oxidation sites excluding steroid dienone is 10. The number of esters is 2. The summed E-state index contributed by atoms with van der Waals surface area (Å²) in [5.41, 5.74) is 0. The molecule has 0 aromatic rings. The number of rotatable bonds is 36. The molecule has 0 aliphatic carbocycles. The van der Waals surface area contributed by atoms with Crippen molar-refractivity contribution in [3.8, 4) is 0 Å². The van der Waals surface area contributed by atoms with Gasteiger partial charge in [-0.1, -0.05) is 132 Å². The van der Waals surface area contributed by atoms with Gasteiger partial charge in [0.15, 0.2) is 12.1 Å². The molecule has 0 saturated carbocycles. The van der Waals surface area contributed by atoms with E-state index in [2.05, 4.69) is 62.5 Å². The molecular formula is C45H78NO7+. The van der Waals surface area contributed by atoms with Gasteiger partial charge < -0.3 is 23.8 Å². The van der Waals surface area contributed by atoms with E-state index in [1.807, 2.05) is 33.3 Å². The number of aliphatic carboxylic acids is 1. The number of quaternary nitrogens is 1. The van der Waals surface area contributed by atoms with E-state index in [1.54, 1.807) is 0 Å². The first-order valence-corrected chi connectivity index (χ1v) is 20.8. The molecule has 8 heteroatoms. The van der Waals surface area contributed by atoms with Gasteiger partial charge in [0.2, 0.25) is 0 Å². The number of hydrogen-bond acceptors (Lipinski definition) is 6. The Morgan fingerprint density at radius 1 is 0.585 bits per heavy atom. The van der Waals surface area contributed by atoms with Crippen molar-refractivity contribution in [2.24, 2.45) is 0 Å². The fourth-order valence-electron chi connectivity index (χ4n) is 5.69. The van der Waals surface area contributed by atoms with E-state index in [1.165, 1.54) is 64.2 Å². The highest BCUT2D eigenvalue weighted by molar-refractivity contribution is 5.72. The summed E-state index contributed by atoms with van der Waals surface area (Å²) in [6.07, 6.45) is 43.1. The summed E-state index contributed by atoms with van der Waals surface area (Å²) in [5.74, 6) is -1.58. The highest BCUT2D eigenvalue weighted by atomic mass is 16.6.